The Balaban J connectivity index is 1.67. The first kappa shape index (κ1) is 15.6. The van der Waals surface area contributed by atoms with Gasteiger partial charge in [0, 0.05) is 22.5 Å². The van der Waals surface area contributed by atoms with Crippen molar-refractivity contribution in [3.8, 4) is 11.4 Å². The molecule has 4 rings (SSSR count). The fourth-order valence-electron chi connectivity index (χ4n) is 2.79. The Kier molecular flexibility index (Phi) is 3.99. The average Bonchev–Trinajstić information content (AvgIpc) is 3.15. The van der Waals surface area contributed by atoms with Crippen molar-refractivity contribution in [2.24, 2.45) is 0 Å². The highest BCUT2D eigenvalue weighted by molar-refractivity contribution is 7.15. The van der Waals surface area contributed by atoms with Crippen LogP contribution in [0.3, 0.4) is 0 Å². The number of cyclic esters (lactones) is 1. The Labute approximate surface area is 147 Å². The second kappa shape index (κ2) is 6.16. The van der Waals surface area contributed by atoms with E-state index in [0.29, 0.717) is 24.0 Å². The molecule has 124 valence electrons. The summed E-state index contributed by atoms with van der Waals surface area (Å²) in [5, 5.41) is 7.37. The molecule has 1 aromatic carbocycles. The van der Waals surface area contributed by atoms with E-state index >= 15 is 0 Å². The van der Waals surface area contributed by atoms with Crippen LogP contribution in [0.15, 0.2) is 29.6 Å². The molecule has 1 aliphatic rings. The first-order valence-corrected chi connectivity index (χ1v) is 8.87. The normalized spacial score (nSPS) is 17.2. The van der Waals surface area contributed by atoms with E-state index in [1.54, 1.807) is 11.3 Å². The second-order valence-electron chi connectivity index (χ2n) is 5.66. The van der Waals surface area contributed by atoms with Crippen LogP contribution in [0.5, 0.6) is 0 Å². The molecule has 2 aromatic heterocycles. The maximum atomic E-state index is 11.5. The van der Waals surface area contributed by atoms with Crippen LogP contribution >= 0.6 is 22.9 Å². The standard InChI is InChI=1S/C16H15ClN4O2S/c1-10(20-6-7-23-14(22)8-20)13-9-24-16-18-15(19-21(13)16)11-2-4-12(17)5-3-11/h2-5,9-10H,6-8H2,1H3. The maximum absolute atomic E-state index is 11.5. The van der Waals surface area contributed by atoms with Gasteiger partial charge in [-0.15, -0.1) is 16.4 Å². The Morgan fingerprint density at radius 2 is 2.12 bits per heavy atom. The van der Waals surface area contributed by atoms with Gasteiger partial charge in [0.2, 0.25) is 4.96 Å². The summed E-state index contributed by atoms with van der Waals surface area (Å²) < 4.78 is 6.87. The van der Waals surface area contributed by atoms with Crippen molar-refractivity contribution in [3.63, 3.8) is 0 Å². The van der Waals surface area contributed by atoms with Gasteiger partial charge in [-0.05, 0) is 31.2 Å². The van der Waals surface area contributed by atoms with Crippen molar-refractivity contribution in [2.45, 2.75) is 13.0 Å². The van der Waals surface area contributed by atoms with Crippen molar-refractivity contribution in [3.05, 3.63) is 40.4 Å². The number of halogens is 1. The third-order valence-corrected chi connectivity index (χ3v) is 5.25. The number of hydrogen-bond donors (Lipinski definition) is 0. The third kappa shape index (κ3) is 2.79. The molecule has 0 amide bonds. The molecule has 8 heteroatoms. The van der Waals surface area contributed by atoms with Gasteiger partial charge in [0.05, 0.1) is 18.3 Å². The number of benzene rings is 1. The van der Waals surface area contributed by atoms with Gasteiger partial charge in [0.15, 0.2) is 5.82 Å². The van der Waals surface area contributed by atoms with Crippen molar-refractivity contribution in [1.29, 1.82) is 0 Å². The number of thiazole rings is 1. The van der Waals surface area contributed by atoms with Crippen LogP contribution in [-0.4, -0.2) is 45.2 Å². The van der Waals surface area contributed by atoms with Crippen molar-refractivity contribution in [1.82, 2.24) is 19.5 Å². The minimum atomic E-state index is -0.181. The topological polar surface area (TPSA) is 59.7 Å². The highest BCUT2D eigenvalue weighted by Crippen LogP contribution is 2.28. The zero-order chi connectivity index (χ0) is 16.7. The summed E-state index contributed by atoms with van der Waals surface area (Å²) in [7, 11) is 0. The van der Waals surface area contributed by atoms with Gasteiger partial charge in [0.25, 0.3) is 0 Å². The SMILES string of the molecule is CC(c1csc2nc(-c3ccc(Cl)cc3)nn12)N1CCOC(=O)C1. The van der Waals surface area contributed by atoms with Crippen molar-refractivity contribution >= 4 is 33.9 Å². The molecule has 0 bridgehead atoms. The summed E-state index contributed by atoms with van der Waals surface area (Å²) in [6, 6.07) is 7.53. The number of ether oxygens (including phenoxy) is 1. The highest BCUT2D eigenvalue weighted by Gasteiger charge is 2.26. The van der Waals surface area contributed by atoms with Gasteiger partial charge < -0.3 is 4.74 Å². The first-order valence-electron chi connectivity index (χ1n) is 7.61. The molecule has 1 fully saturated rings. The lowest BCUT2D eigenvalue weighted by atomic mass is 10.2. The monoisotopic (exact) mass is 362 g/mol. The fourth-order valence-corrected chi connectivity index (χ4v) is 3.82. The zero-order valence-corrected chi connectivity index (χ0v) is 14.5. The number of nitrogens with zero attached hydrogens (tertiary/aromatic N) is 4. The maximum Gasteiger partial charge on any atom is 0.320 e. The van der Waals surface area contributed by atoms with Crippen LogP contribution in [0.25, 0.3) is 16.3 Å². The number of morpholine rings is 1. The van der Waals surface area contributed by atoms with E-state index in [-0.39, 0.29) is 12.0 Å². The molecule has 6 nitrogen and oxygen atoms in total. The lowest BCUT2D eigenvalue weighted by molar-refractivity contribution is -0.151. The van der Waals surface area contributed by atoms with E-state index in [1.807, 2.05) is 34.2 Å². The smallest absolute Gasteiger partial charge is 0.320 e. The quantitative estimate of drug-likeness (QED) is 0.670. The summed E-state index contributed by atoms with van der Waals surface area (Å²) in [5.41, 5.74) is 1.95. The van der Waals surface area contributed by atoms with Gasteiger partial charge in [-0.2, -0.15) is 4.98 Å². The summed E-state index contributed by atoms with van der Waals surface area (Å²) in [6.45, 7) is 3.54. The number of carbonyl (C=O) groups excluding carboxylic acids is 1. The number of esters is 1. The van der Waals surface area contributed by atoms with E-state index in [1.165, 1.54) is 0 Å². The van der Waals surface area contributed by atoms with Crippen LogP contribution in [-0.2, 0) is 9.53 Å². The van der Waals surface area contributed by atoms with Crippen LogP contribution in [0.4, 0.5) is 0 Å². The number of aromatic nitrogens is 3. The predicted octanol–water partition coefficient (Wildman–Crippen LogP) is 3.03. The second-order valence-corrected chi connectivity index (χ2v) is 6.94. The third-order valence-electron chi connectivity index (χ3n) is 4.16. The van der Waals surface area contributed by atoms with Crippen LogP contribution < -0.4 is 0 Å². The molecule has 0 spiro atoms. The van der Waals surface area contributed by atoms with Crippen LogP contribution in [0, 0.1) is 0 Å². The Morgan fingerprint density at radius 1 is 1.33 bits per heavy atom. The lowest BCUT2D eigenvalue weighted by Gasteiger charge is -2.30. The summed E-state index contributed by atoms with van der Waals surface area (Å²) in [5.74, 6) is 0.491. The van der Waals surface area contributed by atoms with Crippen molar-refractivity contribution in [2.75, 3.05) is 19.7 Å². The molecule has 1 saturated heterocycles. The predicted molar refractivity (Wildman–Crippen MR) is 92.3 cm³/mol. The Morgan fingerprint density at radius 3 is 2.88 bits per heavy atom. The summed E-state index contributed by atoms with van der Waals surface area (Å²) in [4.78, 5) is 19.0. The Hall–Kier alpha value is -1.96. The molecule has 24 heavy (non-hydrogen) atoms. The van der Waals surface area contributed by atoms with E-state index in [0.717, 1.165) is 22.8 Å². The molecular weight excluding hydrogens is 348 g/mol. The number of fused-ring (bicyclic) bond motifs is 1. The highest BCUT2D eigenvalue weighted by atomic mass is 35.5. The fraction of sp³-hybridized carbons (Fsp3) is 0.312. The Bertz CT molecular complexity index is 889. The summed E-state index contributed by atoms with van der Waals surface area (Å²) in [6.07, 6.45) is 0. The molecule has 1 aliphatic heterocycles. The minimum Gasteiger partial charge on any atom is -0.463 e. The molecule has 0 N–H and O–H groups in total. The van der Waals surface area contributed by atoms with Gasteiger partial charge in [0.1, 0.15) is 6.61 Å². The lowest BCUT2D eigenvalue weighted by Crippen LogP contribution is -2.41. The molecule has 0 aliphatic carbocycles. The number of rotatable bonds is 3. The molecular formula is C16H15ClN4O2S. The van der Waals surface area contributed by atoms with Gasteiger partial charge >= 0.3 is 5.97 Å². The minimum absolute atomic E-state index is 0.0615. The molecule has 1 unspecified atom stereocenters. The zero-order valence-electron chi connectivity index (χ0n) is 13.0. The molecule has 1 atom stereocenters. The molecule has 3 heterocycles. The van der Waals surface area contributed by atoms with E-state index in [4.69, 9.17) is 16.3 Å². The molecule has 0 saturated carbocycles. The van der Waals surface area contributed by atoms with Gasteiger partial charge in [-0.25, -0.2) is 4.52 Å². The van der Waals surface area contributed by atoms with Gasteiger partial charge in [-0.3, -0.25) is 9.69 Å². The van der Waals surface area contributed by atoms with E-state index in [2.05, 4.69) is 21.9 Å². The van der Waals surface area contributed by atoms with E-state index < -0.39 is 0 Å². The van der Waals surface area contributed by atoms with Crippen LogP contribution in [0.1, 0.15) is 18.7 Å². The van der Waals surface area contributed by atoms with Crippen LogP contribution in [0.2, 0.25) is 5.02 Å². The average molecular weight is 363 g/mol. The largest absolute Gasteiger partial charge is 0.463 e. The van der Waals surface area contributed by atoms with E-state index in [9.17, 15) is 4.79 Å². The number of carbonyl (C=O) groups is 1. The van der Waals surface area contributed by atoms with Crippen molar-refractivity contribution < 1.29 is 9.53 Å². The molecule has 3 aromatic rings. The first-order chi connectivity index (χ1) is 11.6. The number of hydrogen-bond acceptors (Lipinski definition) is 6. The summed E-state index contributed by atoms with van der Waals surface area (Å²) >= 11 is 7.48. The molecule has 0 radical (unpaired) electrons. The van der Waals surface area contributed by atoms with Gasteiger partial charge in [-0.1, -0.05) is 11.6 Å².